The molecule has 0 saturated carbocycles. The van der Waals surface area contributed by atoms with Crippen molar-refractivity contribution in [1.82, 2.24) is 5.16 Å². The fourth-order valence-electron chi connectivity index (χ4n) is 2.81. The van der Waals surface area contributed by atoms with E-state index in [4.69, 9.17) is 0 Å². The van der Waals surface area contributed by atoms with Gasteiger partial charge in [0.15, 0.2) is 0 Å². The lowest BCUT2D eigenvalue weighted by molar-refractivity contribution is -0.155. The van der Waals surface area contributed by atoms with Crippen LogP contribution in [-0.4, -0.2) is 26.7 Å². The van der Waals surface area contributed by atoms with Crippen LogP contribution in [-0.2, 0) is 20.9 Å². The highest BCUT2D eigenvalue weighted by atomic mass is 32.2. The molecule has 3 rings (SSSR count). The molecule has 0 aliphatic heterocycles. The van der Waals surface area contributed by atoms with Gasteiger partial charge in [-0.05, 0) is 38.1 Å². The van der Waals surface area contributed by atoms with E-state index >= 15 is 0 Å². The minimum absolute atomic E-state index is 0.0374. The first kappa shape index (κ1) is 21.8. The number of sulfonamides is 1. The van der Waals surface area contributed by atoms with E-state index in [9.17, 15) is 26.4 Å². The molecule has 0 radical (unpaired) electrons. The van der Waals surface area contributed by atoms with E-state index in [1.807, 2.05) is 0 Å². The van der Waals surface area contributed by atoms with Gasteiger partial charge in [0, 0.05) is 27.1 Å². The summed E-state index contributed by atoms with van der Waals surface area (Å²) in [5.41, 5.74) is 0.194. The van der Waals surface area contributed by atoms with Gasteiger partial charge in [0.2, 0.25) is 5.76 Å². The summed E-state index contributed by atoms with van der Waals surface area (Å²) in [6, 6.07) is 6.16. The molecule has 0 atom stereocenters. The number of aryl methyl sites for hydroxylation is 2. The fraction of sp³-hybridized carbons (Fsp3) is 0.222. The van der Waals surface area contributed by atoms with Crippen molar-refractivity contribution in [3.05, 3.63) is 51.4 Å². The maximum Gasteiger partial charge on any atom is 0.452 e. The number of ether oxygens (including phenoxy) is 1. The van der Waals surface area contributed by atoms with E-state index in [-0.39, 0.29) is 27.4 Å². The van der Waals surface area contributed by atoms with Crippen LogP contribution in [0.15, 0.2) is 39.8 Å². The van der Waals surface area contributed by atoms with Crippen molar-refractivity contribution in [2.45, 2.75) is 24.9 Å². The van der Waals surface area contributed by atoms with Gasteiger partial charge in [0.25, 0.3) is 10.0 Å². The van der Waals surface area contributed by atoms with E-state index < -0.39 is 27.9 Å². The second-order valence-corrected chi connectivity index (χ2v) is 9.22. The third kappa shape index (κ3) is 4.19. The molecular formula is C18H15F3N2O5S2. The molecule has 0 saturated heterocycles. The van der Waals surface area contributed by atoms with Crippen molar-refractivity contribution >= 4 is 33.0 Å². The number of halogens is 3. The first-order valence-corrected chi connectivity index (χ1v) is 10.6. The van der Waals surface area contributed by atoms with E-state index in [0.717, 1.165) is 11.3 Å². The van der Waals surface area contributed by atoms with Crippen LogP contribution >= 0.6 is 11.3 Å². The number of anilines is 1. The van der Waals surface area contributed by atoms with Crippen LogP contribution in [0.25, 0.3) is 11.3 Å². The number of alkyl halides is 3. The lowest BCUT2D eigenvalue weighted by Gasteiger charge is -2.10. The standard InChI is InChI=1S/C18H15F3N2O5S2/c1-9-15(13-8-14(28-22-13)18(19,20)21)16(10(2)29-9)30(25,26)23-12-6-4-11(5-7-12)17(24)27-3/h4-8,23H,1-3H3. The Morgan fingerprint density at radius 1 is 1.17 bits per heavy atom. The zero-order valence-corrected chi connectivity index (χ0v) is 17.5. The van der Waals surface area contributed by atoms with Gasteiger partial charge >= 0.3 is 12.1 Å². The van der Waals surface area contributed by atoms with Crippen molar-refractivity contribution in [2.24, 2.45) is 0 Å². The first-order valence-electron chi connectivity index (χ1n) is 8.29. The highest BCUT2D eigenvalue weighted by Crippen LogP contribution is 2.41. The van der Waals surface area contributed by atoms with E-state index in [1.54, 1.807) is 13.8 Å². The number of benzene rings is 1. The van der Waals surface area contributed by atoms with E-state index in [1.165, 1.54) is 31.4 Å². The number of methoxy groups -OCH3 is 1. The monoisotopic (exact) mass is 460 g/mol. The summed E-state index contributed by atoms with van der Waals surface area (Å²) in [7, 11) is -2.97. The lowest BCUT2D eigenvalue weighted by Crippen LogP contribution is -2.14. The number of hydrogen-bond acceptors (Lipinski definition) is 7. The summed E-state index contributed by atoms with van der Waals surface area (Å²) in [5, 5.41) is 3.42. The van der Waals surface area contributed by atoms with Crippen LogP contribution in [0.2, 0.25) is 0 Å². The zero-order valence-electron chi connectivity index (χ0n) is 15.8. The number of carbonyl (C=O) groups is 1. The summed E-state index contributed by atoms with van der Waals surface area (Å²) in [5.74, 6) is -1.90. The number of thiophene rings is 1. The lowest BCUT2D eigenvalue weighted by atomic mass is 10.1. The molecule has 0 spiro atoms. The number of nitrogens with one attached hydrogen (secondary N) is 1. The minimum atomic E-state index is -4.75. The SMILES string of the molecule is COC(=O)c1ccc(NS(=O)(=O)c2c(C)sc(C)c2-c2cc(C(F)(F)F)on2)cc1. The molecule has 3 aromatic rings. The van der Waals surface area contributed by atoms with Crippen molar-refractivity contribution in [2.75, 3.05) is 11.8 Å². The Bertz CT molecular complexity index is 1200. The number of carbonyl (C=O) groups excluding carboxylic acids is 1. The molecule has 1 aromatic carbocycles. The van der Waals surface area contributed by atoms with Gasteiger partial charge in [-0.3, -0.25) is 4.72 Å². The summed E-state index contributed by atoms with van der Waals surface area (Å²) in [6.07, 6.45) is -4.75. The van der Waals surface area contributed by atoms with Crippen LogP contribution in [0.3, 0.4) is 0 Å². The molecule has 1 N–H and O–H groups in total. The Morgan fingerprint density at radius 3 is 2.33 bits per heavy atom. The number of hydrogen-bond donors (Lipinski definition) is 1. The summed E-state index contributed by atoms with van der Waals surface area (Å²) < 4.78 is 76.0. The van der Waals surface area contributed by atoms with Gasteiger partial charge in [-0.25, -0.2) is 13.2 Å². The summed E-state index contributed by atoms with van der Waals surface area (Å²) in [6.45, 7) is 3.12. The van der Waals surface area contributed by atoms with Gasteiger partial charge in [-0.1, -0.05) is 5.16 Å². The summed E-state index contributed by atoms with van der Waals surface area (Å²) >= 11 is 1.11. The molecule has 0 fully saturated rings. The fourth-order valence-corrected chi connectivity index (χ4v) is 5.74. The van der Waals surface area contributed by atoms with Crippen molar-refractivity contribution in [3.8, 4) is 11.3 Å². The van der Waals surface area contributed by atoms with Crippen LogP contribution in [0.5, 0.6) is 0 Å². The van der Waals surface area contributed by atoms with E-state index in [0.29, 0.717) is 15.8 Å². The number of nitrogens with zero attached hydrogens (tertiary/aromatic N) is 1. The Morgan fingerprint density at radius 2 is 1.80 bits per heavy atom. The highest BCUT2D eigenvalue weighted by Gasteiger charge is 2.37. The van der Waals surface area contributed by atoms with Crippen molar-refractivity contribution < 1.29 is 35.6 Å². The zero-order chi connectivity index (χ0) is 22.3. The second kappa shape index (κ2) is 7.76. The summed E-state index contributed by atoms with van der Waals surface area (Å²) in [4.78, 5) is 12.1. The third-order valence-electron chi connectivity index (χ3n) is 4.08. The molecule has 2 aromatic heterocycles. The maximum absolute atomic E-state index is 13.0. The predicted octanol–water partition coefficient (Wildman–Crippen LogP) is 4.63. The average molecular weight is 460 g/mol. The van der Waals surface area contributed by atoms with Gasteiger partial charge in [-0.2, -0.15) is 13.2 Å². The highest BCUT2D eigenvalue weighted by molar-refractivity contribution is 7.93. The largest absolute Gasteiger partial charge is 0.465 e. The minimum Gasteiger partial charge on any atom is -0.465 e. The maximum atomic E-state index is 13.0. The normalized spacial score (nSPS) is 12.1. The van der Waals surface area contributed by atoms with Gasteiger partial charge in [0.1, 0.15) is 10.6 Å². The van der Waals surface area contributed by atoms with Crippen molar-refractivity contribution in [1.29, 1.82) is 0 Å². The number of esters is 1. The quantitative estimate of drug-likeness (QED) is 0.558. The molecule has 2 heterocycles. The van der Waals surface area contributed by atoms with Gasteiger partial charge < -0.3 is 9.26 Å². The molecule has 12 heteroatoms. The molecule has 0 bridgehead atoms. The molecular weight excluding hydrogens is 445 g/mol. The van der Waals surface area contributed by atoms with Crippen LogP contribution in [0.4, 0.5) is 18.9 Å². The van der Waals surface area contributed by atoms with Crippen LogP contribution < -0.4 is 4.72 Å². The van der Waals surface area contributed by atoms with Crippen LogP contribution in [0, 0.1) is 13.8 Å². The second-order valence-electron chi connectivity index (χ2n) is 6.17. The molecule has 30 heavy (non-hydrogen) atoms. The van der Waals surface area contributed by atoms with Gasteiger partial charge in [-0.15, -0.1) is 11.3 Å². The molecule has 7 nitrogen and oxygen atoms in total. The number of rotatable bonds is 5. The molecule has 0 unspecified atom stereocenters. The molecule has 160 valence electrons. The molecule has 0 aliphatic carbocycles. The van der Waals surface area contributed by atoms with Crippen molar-refractivity contribution in [3.63, 3.8) is 0 Å². The predicted molar refractivity (Wildman–Crippen MR) is 103 cm³/mol. The average Bonchev–Trinajstić information content (AvgIpc) is 3.25. The first-order chi connectivity index (χ1) is 13.9. The topological polar surface area (TPSA) is 98.5 Å². The smallest absolute Gasteiger partial charge is 0.452 e. The van der Waals surface area contributed by atoms with Crippen LogP contribution in [0.1, 0.15) is 25.9 Å². The molecule has 0 aliphatic rings. The Labute approximate surface area is 173 Å². The third-order valence-corrected chi connectivity index (χ3v) is 6.78. The Kier molecular flexibility index (Phi) is 5.65. The number of aromatic nitrogens is 1. The van der Waals surface area contributed by atoms with Gasteiger partial charge in [0.05, 0.1) is 12.7 Å². The molecule has 0 amide bonds. The Balaban J connectivity index is 2.01. The Hall–Kier alpha value is -2.86. The van der Waals surface area contributed by atoms with E-state index in [2.05, 4.69) is 19.1 Å².